The highest BCUT2D eigenvalue weighted by Crippen LogP contribution is 2.10. The van der Waals surface area contributed by atoms with Crippen LogP contribution < -0.4 is 15.8 Å². The molecule has 0 amide bonds. The number of aromatic nitrogens is 2. The van der Waals surface area contributed by atoms with Crippen LogP contribution >= 0.6 is 0 Å². The first-order valence-corrected chi connectivity index (χ1v) is 6.07. The molecule has 0 fully saturated rings. The first-order valence-electron chi connectivity index (χ1n) is 6.07. The minimum atomic E-state index is 0.121. The van der Waals surface area contributed by atoms with E-state index in [0.29, 0.717) is 11.8 Å². The summed E-state index contributed by atoms with van der Waals surface area (Å²) in [5, 5.41) is 3.16. The summed E-state index contributed by atoms with van der Waals surface area (Å²) in [6.07, 6.45) is 3.82. The Morgan fingerprint density at radius 1 is 1.41 bits per heavy atom. The normalized spacial score (nSPS) is 12.5. The molecule has 0 radical (unpaired) electrons. The molecule has 0 aliphatic carbocycles. The number of nitrogens with two attached hydrogens (primary N) is 1. The number of anilines is 1. The zero-order valence-electron chi connectivity index (χ0n) is 10.8. The number of nitrogens with one attached hydrogen (secondary N) is 1. The summed E-state index contributed by atoms with van der Waals surface area (Å²) in [6.45, 7) is 6.77. The maximum absolute atomic E-state index is 5.67. The lowest BCUT2D eigenvalue weighted by Gasteiger charge is -2.10. The van der Waals surface area contributed by atoms with Crippen LogP contribution in [0.25, 0.3) is 0 Å². The van der Waals surface area contributed by atoms with Gasteiger partial charge in [-0.2, -0.15) is 4.98 Å². The minimum absolute atomic E-state index is 0.121. The van der Waals surface area contributed by atoms with Gasteiger partial charge in [-0.3, -0.25) is 0 Å². The van der Waals surface area contributed by atoms with Crippen molar-refractivity contribution in [1.82, 2.24) is 9.97 Å². The van der Waals surface area contributed by atoms with Crippen molar-refractivity contribution in [2.75, 3.05) is 11.9 Å². The van der Waals surface area contributed by atoms with Crippen LogP contribution in [-0.2, 0) is 0 Å². The lowest BCUT2D eigenvalue weighted by molar-refractivity contribution is 0.232. The molecule has 5 nitrogen and oxygen atoms in total. The molecule has 17 heavy (non-hydrogen) atoms. The van der Waals surface area contributed by atoms with E-state index >= 15 is 0 Å². The second-order valence-corrected chi connectivity index (χ2v) is 4.43. The van der Waals surface area contributed by atoms with Crippen LogP contribution in [0.4, 0.5) is 5.95 Å². The number of hydrogen-bond acceptors (Lipinski definition) is 5. The first-order chi connectivity index (χ1) is 8.08. The SMILES string of the molecule is CC(N)CCCNc1nccc(OC(C)C)n1. The molecule has 0 saturated carbocycles. The molecular formula is C12H22N4O. The lowest BCUT2D eigenvalue weighted by Crippen LogP contribution is -2.16. The van der Waals surface area contributed by atoms with E-state index in [0.717, 1.165) is 19.4 Å². The molecule has 0 saturated heterocycles. The highest BCUT2D eigenvalue weighted by Gasteiger charge is 2.02. The first kappa shape index (κ1) is 13.7. The van der Waals surface area contributed by atoms with Gasteiger partial charge in [-0.25, -0.2) is 4.98 Å². The van der Waals surface area contributed by atoms with Crippen molar-refractivity contribution in [3.8, 4) is 5.88 Å². The molecule has 1 rings (SSSR count). The van der Waals surface area contributed by atoms with E-state index in [4.69, 9.17) is 10.5 Å². The molecular weight excluding hydrogens is 216 g/mol. The highest BCUT2D eigenvalue weighted by atomic mass is 16.5. The second kappa shape index (κ2) is 7.06. The standard InChI is InChI=1S/C12H22N4O/c1-9(2)17-11-6-8-15-12(16-11)14-7-4-5-10(3)13/h6,8-10H,4-5,7,13H2,1-3H3,(H,14,15,16). The summed E-state index contributed by atoms with van der Waals surface area (Å²) in [4.78, 5) is 8.38. The van der Waals surface area contributed by atoms with E-state index in [-0.39, 0.29) is 12.1 Å². The van der Waals surface area contributed by atoms with E-state index < -0.39 is 0 Å². The minimum Gasteiger partial charge on any atom is -0.475 e. The van der Waals surface area contributed by atoms with Gasteiger partial charge in [-0.1, -0.05) is 0 Å². The van der Waals surface area contributed by atoms with Crippen LogP contribution in [0.1, 0.15) is 33.6 Å². The molecule has 0 spiro atoms. The van der Waals surface area contributed by atoms with Gasteiger partial charge in [0.25, 0.3) is 0 Å². The van der Waals surface area contributed by atoms with Crippen molar-refractivity contribution in [3.63, 3.8) is 0 Å². The van der Waals surface area contributed by atoms with Crippen molar-refractivity contribution >= 4 is 5.95 Å². The third kappa shape index (κ3) is 6.06. The maximum atomic E-state index is 5.67. The summed E-state index contributed by atoms with van der Waals surface area (Å²) in [6, 6.07) is 2.00. The second-order valence-electron chi connectivity index (χ2n) is 4.43. The van der Waals surface area contributed by atoms with Gasteiger partial charge in [0.2, 0.25) is 11.8 Å². The number of rotatable bonds is 7. The molecule has 96 valence electrons. The van der Waals surface area contributed by atoms with Gasteiger partial charge in [0, 0.05) is 24.8 Å². The lowest BCUT2D eigenvalue weighted by atomic mass is 10.2. The molecule has 1 atom stereocenters. The monoisotopic (exact) mass is 238 g/mol. The Hall–Kier alpha value is -1.36. The van der Waals surface area contributed by atoms with Crippen molar-refractivity contribution in [1.29, 1.82) is 0 Å². The Morgan fingerprint density at radius 2 is 2.18 bits per heavy atom. The van der Waals surface area contributed by atoms with E-state index in [2.05, 4.69) is 15.3 Å². The molecule has 5 heteroatoms. The van der Waals surface area contributed by atoms with E-state index in [9.17, 15) is 0 Å². The third-order valence-electron chi connectivity index (χ3n) is 2.11. The number of hydrogen-bond donors (Lipinski definition) is 2. The fraction of sp³-hybridized carbons (Fsp3) is 0.667. The highest BCUT2D eigenvalue weighted by molar-refractivity contribution is 5.27. The smallest absolute Gasteiger partial charge is 0.225 e. The Bertz CT molecular complexity index is 328. The van der Waals surface area contributed by atoms with Crippen LogP contribution in [0.3, 0.4) is 0 Å². The molecule has 1 unspecified atom stereocenters. The molecule has 0 bridgehead atoms. The summed E-state index contributed by atoms with van der Waals surface area (Å²) < 4.78 is 5.49. The predicted molar refractivity (Wildman–Crippen MR) is 69.2 cm³/mol. The Kier molecular flexibility index (Phi) is 5.69. The number of ether oxygens (including phenoxy) is 1. The van der Waals surface area contributed by atoms with Crippen molar-refractivity contribution < 1.29 is 4.74 Å². The third-order valence-corrected chi connectivity index (χ3v) is 2.11. The van der Waals surface area contributed by atoms with E-state index in [1.807, 2.05) is 20.8 Å². The number of nitrogens with zero attached hydrogens (tertiary/aromatic N) is 2. The van der Waals surface area contributed by atoms with Crippen LogP contribution in [0.2, 0.25) is 0 Å². The summed E-state index contributed by atoms with van der Waals surface area (Å²) in [7, 11) is 0. The van der Waals surface area contributed by atoms with Crippen LogP contribution in [-0.4, -0.2) is 28.7 Å². The van der Waals surface area contributed by atoms with Crippen molar-refractivity contribution in [2.45, 2.75) is 45.8 Å². The Balaban J connectivity index is 2.37. The molecule has 1 aromatic rings. The van der Waals surface area contributed by atoms with Gasteiger partial charge < -0.3 is 15.8 Å². The predicted octanol–water partition coefficient (Wildman–Crippen LogP) is 1.80. The van der Waals surface area contributed by atoms with Gasteiger partial charge in [0.15, 0.2) is 0 Å². The Labute approximate surface area is 103 Å². The van der Waals surface area contributed by atoms with E-state index in [1.165, 1.54) is 0 Å². The van der Waals surface area contributed by atoms with Gasteiger partial charge in [0.05, 0.1) is 6.10 Å². The molecule has 1 aromatic heterocycles. The van der Waals surface area contributed by atoms with Crippen LogP contribution in [0.5, 0.6) is 5.88 Å². The molecule has 1 heterocycles. The summed E-state index contributed by atoms with van der Waals surface area (Å²) >= 11 is 0. The average molecular weight is 238 g/mol. The molecule has 0 aliphatic rings. The largest absolute Gasteiger partial charge is 0.475 e. The van der Waals surface area contributed by atoms with Crippen LogP contribution in [0, 0.1) is 0 Å². The quantitative estimate of drug-likeness (QED) is 0.709. The summed E-state index contributed by atoms with van der Waals surface area (Å²) in [5.41, 5.74) is 5.67. The average Bonchev–Trinajstić information content (AvgIpc) is 2.24. The maximum Gasteiger partial charge on any atom is 0.225 e. The van der Waals surface area contributed by atoms with E-state index in [1.54, 1.807) is 12.3 Å². The fourth-order valence-electron chi connectivity index (χ4n) is 1.36. The molecule has 0 aliphatic heterocycles. The van der Waals surface area contributed by atoms with Gasteiger partial charge >= 0.3 is 0 Å². The van der Waals surface area contributed by atoms with Gasteiger partial charge in [-0.05, 0) is 33.6 Å². The molecule has 0 aromatic carbocycles. The fourth-order valence-corrected chi connectivity index (χ4v) is 1.36. The Morgan fingerprint density at radius 3 is 2.82 bits per heavy atom. The van der Waals surface area contributed by atoms with Crippen molar-refractivity contribution in [2.24, 2.45) is 5.73 Å². The van der Waals surface area contributed by atoms with Crippen LogP contribution in [0.15, 0.2) is 12.3 Å². The zero-order valence-corrected chi connectivity index (χ0v) is 10.8. The summed E-state index contributed by atoms with van der Waals surface area (Å²) in [5.74, 6) is 1.21. The molecule has 3 N–H and O–H groups in total. The zero-order chi connectivity index (χ0) is 12.7. The van der Waals surface area contributed by atoms with Gasteiger partial charge in [0.1, 0.15) is 0 Å². The van der Waals surface area contributed by atoms with Crippen molar-refractivity contribution in [3.05, 3.63) is 12.3 Å². The topological polar surface area (TPSA) is 73.1 Å². The van der Waals surface area contributed by atoms with Gasteiger partial charge in [-0.15, -0.1) is 0 Å².